The SMILES string of the molecule is O=C1NCCN1c1ccc(NC2CCCC(C3CCOC3)C2)cc1. The van der Waals surface area contributed by atoms with E-state index in [0.29, 0.717) is 6.04 Å². The summed E-state index contributed by atoms with van der Waals surface area (Å²) >= 11 is 0. The number of nitrogens with zero attached hydrogens (tertiary/aromatic N) is 1. The predicted octanol–water partition coefficient (Wildman–Crippen LogP) is 3.22. The van der Waals surface area contributed by atoms with Gasteiger partial charge in [0.15, 0.2) is 0 Å². The fourth-order valence-corrected chi connectivity index (χ4v) is 4.40. The Balaban J connectivity index is 1.35. The largest absolute Gasteiger partial charge is 0.382 e. The van der Waals surface area contributed by atoms with Gasteiger partial charge >= 0.3 is 6.03 Å². The monoisotopic (exact) mass is 329 g/mol. The van der Waals surface area contributed by atoms with Crippen molar-refractivity contribution < 1.29 is 9.53 Å². The number of benzene rings is 1. The van der Waals surface area contributed by atoms with Crippen molar-refractivity contribution in [2.24, 2.45) is 11.8 Å². The molecule has 3 aliphatic rings. The molecule has 2 amide bonds. The van der Waals surface area contributed by atoms with E-state index in [-0.39, 0.29) is 6.03 Å². The number of ether oxygens (including phenoxy) is 1. The van der Waals surface area contributed by atoms with Gasteiger partial charge in [-0.05, 0) is 61.8 Å². The number of hydrogen-bond donors (Lipinski definition) is 2. The van der Waals surface area contributed by atoms with Gasteiger partial charge in [0.1, 0.15) is 0 Å². The van der Waals surface area contributed by atoms with E-state index in [1.807, 2.05) is 12.1 Å². The van der Waals surface area contributed by atoms with Crippen molar-refractivity contribution in [2.45, 2.75) is 38.1 Å². The number of urea groups is 1. The molecule has 0 radical (unpaired) electrons. The fourth-order valence-electron chi connectivity index (χ4n) is 4.40. The second kappa shape index (κ2) is 7.01. The van der Waals surface area contributed by atoms with Crippen LogP contribution in [-0.4, -0.2) is 38.4 Å². The number of carbonyl (C=O) groups excluding carboxylic acids is 1. The van der Waals surface area contributed by atoms with Crippen molar-refractivity contribution in [3.05, 3.63) is 24.3 Å². The van der Waals surface area contributed by atoms with Crippen molar-refractivity contribution in [3.63, 3.8) is 0 Å². The Kier molecular flexibility index (Phi) is 4.60. The van der Waals surface area contributed by atoms with E-state index in [2.05, 4.69) is 22.8 Å². The first-order valence-electron chi connectivity index (χ1n) is 9.29. The molecule has 0 spiro atoms. The van der Waals surface area contributed by atoms with Crippen LogP contribution < -0.4 is 15.5 Å². The van der Waals surface area contributed by atoms with Crippen molar-refractivity contribution in [3.8, 4) is 0 Å². The van der Waals surface area contributed by atoms with E-state index >= 15 is 0 Å². The Morgan fingerprint density at radius 1 is 1.12 bits per heavy atom. The van der Waals surface area contributed by atoms with E-state index < -0.39 is 0 Å². The number of nitrogens with one attached hydrogen (secondary N) is 2. The lowest BCUT2D eigenvalue weighted by molar-refractivity contribution is 0.157. The molecule has 3 unspecified atom stereocenters. The maximum atomic E-state index is 11.7. The van der Waals surface area contributed by atoms with Crippen molar-refractivity contribution in [1.29, 1.82) is 0 Å². The van der Waals surface area contributed by atoms with Gasteiger partial charge in [-0.2, -0.15) is 0 Å². The molecule has 2 aliphatic heterocycles. The highest BCUT2D eigenvalue weighted by Crippen LogP contribution is 2.35. The lowest BCUT2D eigenvalue weighted by Gasteiger charge is -2.33. The van der Waals surface area contributed by atoms with Crippen LogP contribution in [0.25, 0.3) is 0 Å². The van der Waals surface area contributed by atoms with Crippen LogP contribution in [0, 0.1) is 11.8 Å². The third-order valence-electron chi connectivity index (χ3n) is 5.75. The molecule has 1 aromatic rings. The predicted molar refractivity (Wildman–Crippen MR) is 95.5 cm³/mol. The molecule has 5 heteroatoms. The molecule has 5 nitrogen and oxygen atoms in total. The zero-order valence-corrected chi connectivity index (χ0v) is 14.2. The van der Waals surface area contributed by atoms with Crippen molar-refractivity contribution in [1.82, 2.24) is 5.32 Å². The first kappa shape index (κ1) is 15.8. The van der Waals surface area contributed by atoms with E-state index in [9.17, 15) is 4.79 Å². The molecule has 2 heterocycles. The minimum Gasteiger partial charge on any atom is -0.382 e. The van der Waals surface area contributed by atoms with E-state index in [1.165, 1.54) is 32.1 Å². The summed E-state index contributed by atoms with van der Waals surface area (Å²) in [7, 11) is 0. The molecule has 24 heavy (non-hydrogen) atoms. The van der Waals surface area contributed by atoms with Crippen LogP contribution in [0.15, 0.2) is 24.3 Å². The zero-order valence-electron chi connectivity index (χ0n) is 14.2. The van der Waals surface area contributed by atoms with Gasteiger partial charge in [-0.3, -0.25) is 4.90 Å². The van der Waals surface area contributed by atoms with Crippen LogP contribution in [-0.2, 0) is 4.74 Å². The van der Waals surface area contributed by atoms with E-state index in [0.717, 1.165) is 49.5 Å². The van der Waals surface area contributed by atoms with Crippen LogP contribution in [0.1, 0.15) is 32.1 Å². The smallest absolute Gasteiger partial charge is 0.321 e. The third-order valence-corrected chi connectivity index (χ3v) is 5.75. The highest BCUT2D eigenvalue weighted by Gasteiger charge is 2.30. The molecule has 4 rings (SSSR count). The molecule has 3 atom stereocenters. The highest BCUT2D eigenvalue weighted by molar-refractivity contribution is 5.94. The first-order chi connectivity index (χ1) is 11.8. The van der Waals surface area contributed by atoms with Crippen LogP contribution >= 0.6 is 0 Å². The summed E-state index contributed by atoms with van der Waals surface area (Å²) in [6, 6.07) is 8.85. The zero-order chi connectivity index (χ0) is 16.4. The Bertz CT molecular complexity index is 568. The van der Waals surface area contributed by atoms with Gasteiger partial charge < -0.3 is 15.4 Å². The summed E-state index contributed by atoms with van der Waals surface area (Å²) in [5.74, 6) is 1.58. The molecule has 1 aliphatic carbocycles. The minimum atomic E-state index is 0.00427. The number of carbonyl (C=O) groups is 1. The summed E-state index contributed by atoms with van der Waals surface area (Å²) in [5.41, 5.74) is 2.13. The maximum Gasteiger partial charge on any atom is 0.321 e. The molecule has 1 aromatic carbocycles. The molecule has 1 saturated carbocycles. The first-order valence-corrected chi connectivity index (χ1v) is 9.29. The quantitative estimate of drug-likeness (QED) is 0.892. The Hall–Kier alpha value is -1.75. The van der Waals surface area contributed by atoms with Crippen LogP contribution in [0.2, 0.25) is 0 Å². The Morgan fingerprint density at radius 3 is 2.71 bits per heavy atom. The molecule has 0 bridgehead atoms. The molecule has 2 saturated heterocycles. The van der Waals surface area contributed by atoms with Gasteiger partial charge in [-0.15, -0.1) is 0 Å². The second-order valence-electron chi connectivity index (χ2n) is 7.32. The number of rotatable bonds is 4. The summed E-state index contributed by atoms with van der Waals surface area (Å²) in [4.78, 5) is 13.5. The molecular weight excluding hydrogens is 302 g/mol. The normalized spacial score (nSPS) is 30.4. The summed E-state index contributed by atoms with van der Waals surface area (Å²) in [6.45, 7) is 3.39. The van der Waals surface area contributed by atoms with Crippen molar-refractivity contribution in [2.75, 3.05) is 36.5 Å². The standard InChI is InChI=1S/C19H27N3O2/c23-19-20-9-10-22(19)18-6-4-16(5-7-18)21-17-3-1-2-14(12-17)15-8-11-24-13-15/h4-7,14-15,17,21H,1-3,8-13H2,(H,20,23). The van der Waals surface area contributed by atoms with Crippen LogP contribution in [0.3, 0.4) is 0 Å². The average molecular weight is 329 g/mol. The van der Waals surface area contributed by atoms with Gasteiger partial charge in [0.25, 0.3) is 0 Å². The average Bonchev–Trinajstić information content (AvgIpc) is 3.28. The van der Waals surface area contributed by atoms with Gasteiger partial charge in [-0.1, -0.05) is 6.42 Å². The lowest BCUT2D eigenvalue weighted by Crippen LogP contribution is -2.31. The Labute approximate surface area is 143 Å². The fraction of sp³-hybridized carbons (Fsp3) is 0.632. The lowest BCUT2D eigenvalue weighted by atomic mass is 9.77. The third kappa shape index (κ3) is 3.36. The van der Waals surface area contributed by atoms with E-state index in [1.54, 1.807) is 4.90 Å². The van der Waals surface area contributed by atoms with Gasteiger partial charge in [0, 0.05) is 43.7 Å². The van der Waals surface area contributed by atoms with Crippen LogP contribution in [0.4, 0.5) is 16.2 Å². The topological polar surface area (TPSA) is 53.6 Å². The van der Waals surface area contributed by atoms with Crippen LogP contribution in [0.5, 0.6) is 0 Å². The molecule has 0 aromatic heterocycles. The molecule has 3 fully saturated rings. The molecular formula is C19H27N3O2. The van der Waals surface area contributed by atoms with Gasteiger partial charge in [0.05, 0.1) is 0 Å². The molecule has 130 valence electrons. The van der Waals surface area contributed by atoms with E-state index in [4.69, 9.17) is 4.74 Å². The van der Waals surface area contributed by atoms with Gasteiger partial charge in [0.2, 0.25) is 0 Å². The summed E-state index contributed by atoms with van der Waals surface area (Å²) < 4.78 is 5.58. The Morgan fingerprint density at radius 2 is 2.00 bits per heavy atom. The molecule has 2 N–H and O–H groups in total. The maximum absolute atomic E-state index is 11.7. The number of anilines is 2. The van der Waals surface area contributed by atoms with Gasteiger partial charge in [-0.25, -0.2) is 4.79 Å². The number of amides is 2. The summed E-state index contributed by atoms with van der Waals surface area (Å²) in [6.07, 6.45) is 6.41. The second-order valence-corrected chi connectivity index (χ2v) is 7.32. The minimum absolute atomic E-state index is 0.00427. The highest BCUT2D eigenvalue weighted by atomic mass is 16.5. The van der Waals surface area contributed by atoms with Crippen molar-refractivity contribution >= 4 is 17.4 Å². The summed E-state index contributed by atoms with van der Waals surface area (Å²) in [5, 5.41) is 6.54. The number of hydrogen-bond acceptors (Lipinski definition) is 3.